The Morgan fingerprint density at radius 2 is 1.44 bits per heavy atom. The molecule has 0 unspecified atom stereocenters. The number of phenols is 2. The molecule has 0 radical (unpaired) electrons. The molecule has 7 rings (SSSR count). The first-order valence-corrected chi connectivity index (χ1v) is 16.7. The number of fused-ring (bicyclic) bond motifs is 4. The minimum atomic E-state index is -2.75. The van der Waals surface area contributed by atoms with Crippen LogP contribution in [-0.2, 0) is 25.6 Å². The van der Waals surface area contributed by atoms with Crippen LogP contribution in [0.4, 0.5) is 27.6 Å². The molecule has 2 heterocycles. The van der Waals surface area contributed by atoms with Crippen molar-refractivity contribution < 1.29 is 51.3 Å². The predicted octanol–water partition coefficient (Wildman–Crippen LogP) is 6.36. The molecule has 2 aliphatic heterocycles. The van der Waals surface area contributed by atoms with E-state index in [1.165, 1.54) is 30.3 Å². The number of allylic oxidation sites excluding steroid dienone is 2. The van der Waals surface area contributed by atoms with E-state index in [0.717, 1.165) is 10.5 Å². The normalized spacial score (nSPS) is 28.9. The van der Waals surface area contributed by atoms with Crippen LogP contribution in [0, 0.1) is 46.8 Å². The molecule has 16 heteroatoms. The van der Waals surface area contributed by atoms with Crippen LogP contribution >= 0.6 is 39.1 Å². The molecular formula is C34H22BrCl2F5N2O6. The number of benzene rings is 3. The summed E-state index contributed by atoms with van der Waals surface area (Å²) in [6.07, 6.45) is 1.10. The van der Waals surface area contributed by atoms with Gasteiger partial charge in [-0.1, -0.05) is 39.7 Å². The number of hydrogen-bond acceptors (Lipinski definition) is 6. The first kappa shape index (κ1) is 34.4. The molecule has 6 atom stereocenters. The van der Waals surface area contributed by atoms with Crippen LogP contribution in [-0.4, -0.2) is 55.0 Å². The van der Waals surface area contributed by atoms with Crippen molar-refractivity contribution in [2.45, 2.75) is 34.9 Å². The van der Waals surface area contributed by atoms with Crippen LogP contribution in [0.25, 0.3) is 0 Å². The average molecular weight is 800 g/mol. The highest BCUT2D eigenvalue weighted by Crippen LogP contribution is 2.66. The average Bonchev–Trinajstić information content (AvgIpc) is 3.41. The molecule has 0 bridgehead atoms. The number of nitrogens with zero attached hydrogens (tertiary/aromatic N) is 2. The van der Waals surface area contributed by atoms with Crippen molar-refractivity contribution in [3.8, 4) is 11.5 Å². The van der Waals surface area contributed by atoms with Gasteiger partial charge in [0.2, 0.25) is 17.6 Å². The Kier molecular flexibility index (Phi) is 8.11. The van der Waals surface area contributed by atoms with Crippen LogP contribution in [0.15, 0.2) is 58.6 Å². The number of likely N-dealkylation sites (tertiary alicyclic amines) is 1. The number of anilines is 1. The Hall–Kier alpha value is -4.01. The van der Waals surface area contributed by atoms with E-state index in [1.54, 1.807) is 18.2 Å². The van der Waals surface area contributed by atoms with E-state index in [-0.39, 0.29) is 41.2 Å². The van der Waals surface area contributed by atoms with Crippen molar-refractivity contribution in [3.63, 3.8) is 0 Å². The number of halogens is 8. The molecule has 260 valence electrons. The van der Waals surface area contributed by atoms with Crippen molar-refractivity contribution >= 4 is 68.4 Å². The van der Waals surface area contributed by atoms with Crippen LogP contribution in [0.1, 0.15) is 29.9 Å². The number of carbonyl (C=O) groups is 4. The van der Waals surface area contributed by atoms with E-state index in [4.69, 9.17) is 23.2 Å². The zero-order valence-corrected chi connectivity index (χ0v) is 28.3. The molecule has 3 aromatic carbocycles. The van der Waals surface area contributed by atoms with Crippen LogP contribution < -0.4 is 4.90 Å². The Labute approximate surface area is 298 Å². The van der Waals surface area contributed by atoms with Gasteiger partial charge in [-0.3, -0.25) is 24.1 Å². The Balaban J connectivity index is 1.37. The van der Waals surface area contributed by atoms with Gasteiger partial charge in [0, 0.05) is 22.5 Å². The maximum atomic E-state index is 15.2. The monoisotopic (exact) mass is 798 g/mol. The third kappa shape index (κ3) is 4.60. The fourth-order valence-electron chi connectivity index (χ4n) is 7.86. The number of alkyl halides is 2. The lowest BCUT2D eigenvalue weighted by Crippen LogP contribution is -2.60. The van der Waals surface area contributed by atoms with Crippen LogP contribution in [0.2, 0.25) is 0 Å². The van der Waals surface area contributed by atoms with Gasteiger partial charge in [0.1, 0.15) is 17.2 Å². The second-order valence-electron chi connectivity index (χ2n) is 12.6. The summed E-state index contributed by atoms with van der Waals surface area (Å²) in [4.78, 5) is 51.6. The maximum Gasteiger partial charge on any atom is 0.258 e. The highest BCUT2D eigenvalue weighted by atomic mass is 79.9. The SMILES string of the molecule is O=C1[C@H]2[C@H](CC=C3[C@H]2C[C@@]2(Cl)C(=O)N(c4c(F)c(F)c(F)c(F)c4F)C(=O)[C@@]2(Cl)[C@H]3c2cc(Br)ccc2O)C(=O)N1CCc1ccc(O)cc1. The molecule has 1 saturated carbocycles. The number of hydrogen-bond donors (Lipinski definition) is 2. The van der Waals surface area contributed by atoms with Gasteiger partial charge in [0.15, 0.2) is 33.0 Å². The van der Waals surface area contributed by atoms with Crippen molar-refractivity contribution in [1.29, 1.82) is 0 Å². The van der Waals surface area contributed by atoms with Gasteiger partial charge in [-0.15, -0.1) is 23.2 Å². The number of phenolic OH excluding ortho intramolecular Hbond substituents is 2. The smallest absolute Gasteiger partial charge is 0.258 e. The fourth-order valence-corrected chi connectivity index (χ4v) is 9.16. The molecule has 4 aliphatic rings. The van der Waals surface area contributed by atoms with E-state index in [1.807, 2.05) is 0 Å². The van der Waals surface area contributed by atoms with Crippen molar-refractivity contribution in [2.75, 3.05) is 11.4 Å². The summed E-state index contributed by atoms with van der Waals surface area (Å²) >= 11 is 17.4. The van der Waals surface area contributed by atoms with E-state index < -0.39 is 104 Å². The van der Waals surface area contributed by atoms with Crippen molar-refractivity contribution in [2.24, 2.45) is 17.8 Å². The Morgan fingerprint density at radius 1 is 0.820 bits per heavy atom. The standard InChI is InChI=1S/C34H22BrCl2F5N2O6/c35-14-3-8-20(46)18(11-14)22-16-6-7-17-21(30(48)43(29(17)47)10-9-13-1-4-15(45)5-2-13)19(16)12-33(36)31(49)44(32(50)34(22,33)37)28-26(41)24(39)23(38)25(40)27(28)42/h1-6,8,11,17,19,21-22,45-46H,7,9-10,12H2/t17-,19+,21-,22+,33+,34-/m0/s1. The number of imide groups is 2. The summed E-state index contributed by atoms with van der Waals surface area (Å²) in [5, 5.41) is 20.7. The summed E-state index contributed by atoms with van der Waals surface area (Å²) < 4.78 is 73.5. The predicted molar refractivity (Wildman–Crippen MR) is 171 cm³/mol. The zero-order valence-electron chi connectivity index (χ0n) is 25.2. The van der Waals surface area contributed by atoms with Crippen LogP contribution in [0.3, 0.4) is 0 Å². The molecule has 4 amide bonds. The summed E-state index contributed by atoms with van der Waals surface area (Å²) in [5.74, 6) is -22.0. The van der Waals surface area contributed by atoms with Gasteiger partial charge in [0.25, 0.3) is 11.8 Å². The largest absolute Gasteiger partial charge is 0.508 e. The lowest BCUT2D eigenvalue weighted by Gasteiger charge is -2.50. The van der Waals surface area contributed by atoms with Crippen LogP contribution in [0.5, 0.6) is 11.5 Å². The second-order valence-corrected chi connectivity index (χ2v) is 14.8. The van der Waals surface area contributed by atoms with E-state index in [0.29, 0.717) is 4.47 Å². The first-order valence-electron chi connectivity index (χ1n) is 15.1. The van der Waals surface area contributed by atoms with Crippen molar-refractivity contribution in [3.05, 3.63) is 98.8 Å². The molecule has 0 aromatic heterocycles. The van der Waals surface area contributed by atoms with Gasteiger partial charge in [-0.25, -0.2) is 26.9 Å². The third-order valence-electron chi connectivity index (χ3n) is 10.2. The highest BCUT2D eigenvalue weighted by molar-refractivity contribution is 9.10. The van der Waals surface area contributed by atoms with E-state index in [9.17, 15) is 42.6 Å². The molecule has 3 aromatic rings. The quantitative estimate of drug-likeness (QED) is 0.0776. The van der Waals surface area contributed by atoms with Gasteiger partial charge >= 0.3 is 0 Å². The van der Waals surface area contributed by atoms with Gasteiger partial charge < -0.3 is 10.2 Å². The molecule has 2 aliphatic carbocycles. The fraction of sp³-hybridized carbons (Fsp3) is 0.294. The van der Waals surface area contributed by atoms with Gasteiger partial charge in [-0.2, -0.15) is 0 Å². The summed E-state index contributed by atoms with van der Waals surface area (Å²) in [7, 11) is 0. The minimum Gasteiger partial charge on any atom is -0.508 e. The first-order chi connectivity index (χ1) is 23.5. The highest BCUT2D eigenvalue weighted by Gasteiger charge is 2.77. The number of aromatic hydroxyl groups is 2. The summed E-state index contributed by atoms with van der Waals surface area (Å²) in [6, 6.07) is 10.2. The third-order valence-corrected chi connectivity index (χ3v) is 12.1. The van der Waals surface area contributed by atoms with E-state index >= 15 is 8.78 Å². The molecular weight excluding hydrogens is 778 g/mol. The maximum absolute atomic E-state index is 15.2. The Bertz CT molecular complexity index is 2060. The molecule has 2 N–H and O–H groups in total. The molecule has 0 spiro atoms. The van der Waals surface area contributed by atoms with Gasteiger partial charge in [-0.05, 0) is 61.1 Å². The molecule has 3 fully saturated rings. The molecule has 2 saturated heterocycles. The lowest BCUT2D eigenvalue weighted by atomic mass is 9.56. The summed E-state index contributed by atoms with van der Waals surface area (Å²) in [5.41, 5.74) is -1.05. The Morgan fingerprint density at radius 3 is 2.08 bits per heavy atom. The van der Waals surface area contributed by atoms with Crippen molar-refractivity contribution in [1.82, 2.24) is 4.90 Å². The van der Waals surface area contributed by atoms with E-state index in [2.05, 4.69) is 15.9 Å². The minimum absolute atomic E-state index is 0.0269. The summed E-state index contributed by atoms with van der Waals surface area (Å²) in [6.45, 7) is -0.0375. The number of amides is 4. The molecule has 50 heavy (non-hydrogen) atoms. The topological polar surface area (TPSA) is 115 Å². The number of carbonyl (C=O) groups excluding carboxylic acids is 4. The zero-order chi connectivity index (χ0) is 36.2. The molecule has 8 nitrogen and oxygen atoms in total. The number of rotatable bonds is 5. The lowest BCUT2D eigenvalue weighted by molar-refractivity contribution is -0.140. The van der Waals surface area contributed by atoms with Gasteiger partial charge in [0.05, 0.1) is 11.8 Å². The second kappa shape index (κ2) is 11.8.